The first-order chi connectivity index (χ1) is 8.29. The monoisotopic (exact) mass is 288 g/mol. The molecule has 0 amide bonds. The fourth-order valence-corrected chi connectivity index (χ4v) is 1.74. The standard InChI is InChI=1S/C12H9BrN4/c13-9-5-10(8-15-7-9)17-12(6-14)11-3-1-2-4-16-11/h1-5,7-8,12,17H. The Balaban J connectivity index is 2.20. The second kappa shape index (κ2) is 5.41. The molecular formula is C12H9BrN4. The summed E-state index contributed by atoms with van der Waals surface area (Å²) in [4.78, 5) is 8.18. The molecule has 17 heavy (non-hydrogen) atoms. The van der Waals surface area contributed by atoms with E-state index in [1.165, 1.54) is 0 Å². The van der Waals surface area contributed by atoms with E-state index in [9.17, 15) is 0 Å². The van der Waals surface area contributed by atoms with Crippen molar-refractivity contribution in [2.75, 3.05) is 5.32 Å². The molecule has 0 aliphatic carbocycles. The van der Waals surface area contributed by atoms with Crippen LogP contribution in [0.2, 0.25) is 0 Å². The van der Waals surface area contributed by atoms with Gasteiger partial charge in [0.1, 0.15) is 0 Å². The lowest BCUT2D eigenvalue weighted by atomic mass is 10.2. The number of nitriles is 1. The Morgan fingerprint density at radius 1 is 1.35 bits per heavy atom. The highest BCUT2D eigenvalue weighted by atomic mass is 79.9. The highest BCUT2D eigenvalue weighted by Crippen LogP contribution is 2.19. The highest BCUT2D eigenvalue weighted by molar-refractivity contribution is 9.10. The van der Waals surface area contributed by atoms with Crippen LogP contribution in [0.4, 0.5) is 5.69 Å². The van der Waals surface area contributed by atoms with Gasteiger partial charge in [0.05, 0.1) is 23.6 Å². The number of rotatable bonds is 3. The molecule has 4 nitrogen and oxygen atoms in total. The van der Waals surface area contributed by atoms with Gasteiger partial charge in [-0.3, -0.25) is 9.97 Å². The van der Waals surface area contributed by atoms with E-state index in [0.29, 0.717) is 5.69 Å². The molecule has 0 aliphatic heterocycles. The number of anilines is 1. The van der Waals surface area contributed by atoms with Gasteiger partial charge in [0.2, 0.25) is 0 Å². The third-order valence-electron chi connectivity index (χ3n) is 2.13. The van der Waals surface area contributed by atoms with Gasteiger partial charge in [-0.2, -0.15) is 5.26 Å². The lowest BCUT2D eigenvalue weighted by Gasteiger charge is -2.11. The summed E-state index contributed by atoms with van der Waals surface area (Å²) < 4.78 is 0.861. The van der Waals surface area contributed by atoms with Crippen molar-refractivity contribution in [3.05, 3.63) is 53.0 Å². The minimum absolute atomic E-state index is 0.479. The van der Waals surface area contributed by atoms with Crippen LogP contribution in [0.1, 0.15) is 11.7 Å². The zero-order chi connectivity index (χ0) is 12.1. The maximum atomic E-state index is 9.13. The Morgan fingerprint density at radius 3 is 2.88 bits per heavy atom. The minimum atomic E-state index is -0.479. The Hall–Kier alpha value is -1.93. The molecular weight excluding hydrogens is 280 g/mol. The average molecular weight is 289 g/mol. The van der Waals surface area contributed by atoms with Crippen molar-refractivity contribution in [2.45, 2.75) is 6.04 Å². The third-order valence-corrected chi connectivity index (χ3v) is 2.56. The molecule has 2 rings (SSSR count). The molecule has 0 spiro atoms. The van der Waals surface area contributed by atoms with Crippen LogP contribution in [-0.4, -0.2) is 9.97 Å². The SMILES string of the molecule is N#CC(Nc1cncc(Br)c1)c1ccccn1. The number of nitrogens with zero attached hydrogens (tertiary/aromatic N) is 3. The molecule has 0 fully saturated rings. The Labute approximate surface area is 107 Å². The van der Waals surface area contributed by atoms with Gasteiger partial charge in [-0.1, -0.05) is 6.07 Å². The normalized spacial score (nSPS) is 11.5. The molecule has 0 radical (unpaired) electrons. The van der Waals surface area contributed by atoms with Crippen molar-refractivity contribution < 1.29 is 0 Å². The second-order valence-corrected chi connectivity index (χ2v) is 4.27. The lowest BCUT2D eigenvalue weighted by molar-refractivity contribution is 0.932. The molecule has 1 atom stereocenters. The summed E-state index contributed by atoms with van der Waals surface area (Å²) in [6.07, 6.45) is 5.02. The molecule has 2 heterocycles. The van der Waals surface area contributed by atoms with Crippen molar-refractivity contribution >= 4 is 21.6 Å². The van der Waals surface area contributed by atoms with Gasteiger partial charge in [-0.05, 0) is 34.1 Å². The van der Waals surface area contributed by atoms with E-state index < -0.39 is 6.04 Å². The van der Waals surface area contributed by atoms with Crippen LogP contribution in [0.5, 0.6) is 0 Å². The first kappa shape index (κ1) is 11.6. The van der Waals surface area contributed by atoms with Crippen molar-refractivity contribution in [3.63, 3.8) is 0 Å². The molecule has 1 N–H and O–H groups in total. The van der Waals surface area contributed by atoms with Crippen LogP contribution in [-0.2, 0) is 0 Å². The van der Waals surface area contributed by atoms with Crippen LogP contribution < -0.4 is 5.32 Å². The van der Waals surface area contributed by atoms with Gasteiger partial charge in [-0.15, -0.1) is 0 Å². The van der Waals surface area contributed by atoms with Gasteiger partial charge in [0.15, 0.2) is 6.04 Å². The first-order valence-corrected chi connectivity index (χ1v) is 5.76. The maximum Gasteiger partial charge on any atom is 0.157 e. The molecule has 0 saturated heterocycles. The first-order valence-electron chi connectivity index (χ1n) is 4.97. The fraction of sp³-hybridized carbons (Fsp3) is 0.0833. The van der Waals surface area contributed by atoms with E-state index in [1.54, 1.807) is 18.6 Å². The van der Waals surface area contributed by atoms with Crippen LogP contribution in [0.15, 0.2) is 47.3 Å². The molecule has 2 aromatic heterocycles. The van der Waals surface area contributed by atoms with Crippen molar-refractivity contribution in [1.29, 1.82) is 5.26 Å². The molecule has 84 valence electrons. The molecule has 5 heteroatoms. The zero-order valence-corrected chi connectivity index (χ0v) is 10.4. The molecule has 0 bridgehead atoms. The van der Waals surface area contributed by atoms with Crippen LogP contribution in [0.3, 0.4) is 0 Å². The van der Waals surface area contributed by atoms with Gasteiger partial charge in [-0.25, -0.2) is 0 Å². The Kier molecular flexibility index (Phi) is 3.68. The summed E-state index contributed by atoms with van der Waals surface area (Å²) in [5.41, 5.74) is 1.46. The van der Waals surface area contributed by atoms with E-state index >= 15 is 0 Å². The molecule has 0 aliphatic rings. The lowest BCUT2D eigenvalue weighted by Crippen LogP contribution is -2.10. The van der Waals surface area contributed by atoms with Gasteiger partial charge >= 0.3 is 0 Å². The minimum Gasteiger partial charge on any atom is -0.364 e. The maximum absolute atomic E-state index is 9.13. The predicted molar refractivity (Wildman–Crippen MR) is 68.2 cm³/mol. The quantitative estimate of drug-likeness (QED) is 0.943. The Bertz CT molecular complexity index is 536. The summed E-state index contributed by atoms with van der Waals surface area (Å²) >= 11 is 3.33. The van der Waals surface area contributed by atoms with Crippen molar-refractivity contribution in [1.82, 2.24) is 9.97 Å². The summed E-state index contributed by atoms with van der Waals surface area (Å²) in [6.45, 7) is 0. The van der Waals surface area contributed by atoms with Gasteiger partial charge in [0.25, 0.3) is 0 Å². The fourth-order valence-electron chi connectivity index (χ4n) is 1.38. The molecule has 1 unspecified atom stereocenters. The highest BCUT2D eigenvalue weighted by Gasteiger charge is 2.11. The number of hydrogen-bond acceptors (Lipinski definition) is 4. The van der Waals surface area contributed by atoms with E-state index in [0.717, 1.165) is 10.2 Å². The smallest absolute Gasteiger partial charge is 0.157 e. The van der Waals surface area contributed by atoms with Gasteiger partial charge in [0, 0.05) is 16.9 Å². The largest absolute Gasteiger partial charge is 0.364 e. The predicted octanol–water partition coefficient (Wildman–Crippen LogP) is 2.92. The molecule has 2 aromatic rings. The average Bonchev–Trinajstić information content (AvgIpc) is 2.37. The van der Waals surface area contributed by atoms with E-state index in [-0.39, 0.29) is 0 Å². The van der Waals surface area contributed by atoms with Crippen LogP contribution >= 0.6 is 15.9 Å². The Morgan fingerprint density at radius 2 is 2.24 bits per heavy atom. The van der Waals surface area contributed by atoms with E-state index in [2.05, 4.69) is 37.3 Å². The summed E-state index contributed by atoms with van der Waals surface area (Å²) in [6, 6.07) is 9.04. The van der Waals surface area contributed by atoms with E-state index in [4.69, 9.17) is 5.26 Å². The van der Waals surface area contributed by atoms with Crippen molar-refractivity contribution in [3.8, 4) is 6.07 Å². The van der Waals surface area contributed by atoms with Crippen LogP contribution in [0.25, 0.3) is 0 Å². The number of halogens is 1. The summed E-state index contributed by atoms with van der Waals surface area (Å²) in [5, 5.41) is 12.2. The number of nitrogens with one attached hydrogen (secondary N) is 1. The zero-order valence-electron chi connectivity index (χ0n) is 8.84. The van der Waals surface area contributed by atoms with Gasteiger partial charge < -0.3 is 5.32 Å². The van der Waals surface area contributed by atoms with Crippen LogP contribution in [0, 0.1) is 11.3 Å². The second-order valence-electron chi connectivity index (χ2n) is 3.35. The molecule has 0 aromatic carbocycles. The number of pyridine rings is 2. The summed E-state index contributed by atoms with van der Waals surface area (Å²) in [5.74, 6) is 0. The summed E-state index contributed by atoms with van der Waals surface area (Å²) in [7, 11) is 0. The molecule has 0 saturated carbocycles. The van der Waals surface area contributed by atoms with Crippen molar-refractivity contribution in [2.24, 2.45) is 0 Å². The topological polar surface area (TPSA) is 61.6 Å². The van der Waals surface area contributed by atoms with E-state index in [1.807, 2.05) is 24.3 Å². The number of aromatic nitrogens is 2. The third kappa shape index (κ3) is 3.02. The number of hydrogen-bond donors (Lipinski definition) is 1.